The van der Waals surface area contributed by atoms with Crippen LogP contribution in [-0.4, -0.2) is 12.9 Å². The third-order valence-electron chi connectivity index (χ3n) is 2.70. The van der Waals surface area contributed by atoms with Crippen LogP contribution in [0.5, 0.6) is 5.75 Å². The quantitative estimate of drug-likeness (QED) is 0.773. The van der Waals surface area contributed by atoms with Crippen LogP contribution in [0, 0.1) is 13.8 Å². The van der Waals surface area contributed by atoms with E-state index in [0.29, 0.717) is 11.3 Å². The van der Waals surface area contributed by atoms with Crippen molar-refractivity contribution in [1.29, 1.82) is 0 Å². The summed E-state index contributed by atoms with van der Waals surface area (Å²) in [7, 11) is 1.59. The average Bonchev–Trinajstić information content (AvgIpc) is 2.74. The number of carbonyl (C=O) groups is 1. The van der Waals surface area contributed by atoms with Crippen molar-refractivity contribution in [1.82, 2.24) is 0 Å². The molecule has 3 heteroatoms. The van der Waals surface area contributed by atoms with E-state index in [2.05, 4.69) is 0 Å². The van der Waals surface area contributed by atoms with Gasteiger partial charge in [0.1, 0.15) is 5.75 Å². The van der Waals surface area contributed by atoms with Gasteiger partial charge < -0.3 is 4.74 Å². The summed E-state index contributed by atoms with van der Waals surface area (Å²) >= 11 is 1.58. The van der Waals surface area contributed by atoms with Gasteiger partial charge in [0, 0.05) is 10.4 Å². The van der Waals surface area contributed by atoms with Crippen molar-refractivity contribution in [3.8, 4) is 5.75 Å². The molecule has 0 spiro atoms. The number of ether oxygens (including phenoxy) is 1. The maximum absolute atomic E-state index is 12.4. The molecule has 1 aromatic carbocycles. The topological polar surface area (TPSA) is 26.3 Å². The van der Waals surface area contributed by atoms with Crippen LogP contribution in [0.15, 0.2) is 29.6 Å². The first kappa shape index (κ1) is 11.9. The molecule has 0 saturated carbocycles. The van der Waals surface area contributed by atoms with Gasteiger partial charge in [0.15, 0.2) is 5.78 Å². The van der Waals surface area contributed by atoms with Crippen molar-refractivity contribution < 1.29 is 9.53 Å². The minimum absolute atomic E-state index is 0.0318. The van der Waals surface area contributed by atoms with Crippen LogP contribution in [0.3, 0.4) is 0 Å². The molecule has 0 saturated heterocycles. The Morgan fingerprint density at radius 3 is 2.53 bits per heavy atom. The normalized spacial score (nSPS) is 10.3. The molecule has 0 aliphatic heterocycles. The van der Waals surface area contributed by atoms with E-state index in [0.717, 1.165) is 16.0 Å². The molecule has 0 bridgehead atoms. The number of hydrogen-bond donors (Lipinski definition) is 0. The second-order valence-electron chi connectivity index (χ2n) is 3.92. The van der Waals surface area contributed by atoms with E-state index in [9.17, 15) is 4.79 Å². The van der Waals surface area contributed by atoms with Crippen molar-refractivity contribution in [2.45, 2.75) is 13.8 Å². The summed E-state index contributed by atoms with van der Waals surface area (Å²) in [5, 5.41) is 1.94. The molecule has 0 N–H and O–H groups in total. The maximum atomic E-state index is 12.4. The molecule has 0 aliphatic rings. The van der Waals surface area contributed by atoms with Crippen LogP contribution >= 0.6 is 11.3 Å². The predicted molar refractivity (Wildman–Crippen MR) is 70.2 cm³/mol. The van der Waals surface area contributed by atoms with Crippen LogP contribution in [0.25, 0.3) is 0 Å². The summed E-state index contributed by atoms with van der Waals surface area (Å²) in [5.41, 5.74) is 2.45. The zero-order chi connectivity index (χ0) is 12.4. The monoisotopic (exact) mass is 246 g/mol. The minimum atomic E-state index is 0.0318. The van der Waals surface area contributed by atoms with Gasteiger partial charge >= 0.3 is 0 Å². The van der Waals surface area contributed by atoms with Crippen LogP contribution in [0.1, 0.15) is 26.4 Å². The molecule has 2 nitrogen and oxygen atoms in total. The van der Waals surface area contributed by atoms with Crippen LogP contribution < -0.4 is 4.74 Å². The summed E-state index contributed by atoms with van der Waals surface area (Å²) in [4.78, 5) is 13.4. The summed E-state index contributed by atoms with van der Waals surface area (Å²) in [6.45, 7) is 3.93. The van der Waals surface area contributed by atoms with Gasteiger partial charge in [-0.15, -0.1) is 11.3 Å². The van der Waals surface area contributed by atoms with Gasteiger partial charge in [0.05, 0.1) is 12.7 Å². The number of carbonyl (C=O) groups excluding carboxylic acids is 1. The van der Waals surface area contributed by atoms with E-state index in [1.165, 1.54) is 0 Å². The molecule has 1 heterocycles. The lowest BCUT2D eigenvalue weighted by molar-refractivity contribution is 0.103. The molecule has 0 atom stereocenters. The predicted octanol–water partition coefficient (Wildman–Crippen LogP) is 3.60. The van der Waals surface area contributed by atoms with Gasteiger partial charge in [-0.05, 0) is 37.4 Å². The van der Waals surface area contributed by atoms with E-state index in [-0.39, 0.29) is 5.78 Å². The van der Waals surface area contributed by atoms with Crippen molar-refractivity contribution in [3.05, 3.63) is 51.2 Å². The molecule has 2 aromatic rings. The highest BCUT2D eigenvalue weighted by molar-refractivity contribution is 7.10. The molecule has 0 fully saturated rings. The first-order chi connectivity index (χ1) is 8.13. The lowest BCUT2D eigenvalue weighted by atomic mass is 10.0. The first-order valence-electron chi connectivity index (χ1n) is 5.37. The van der Waals surface area contributed by atoms with E-state index in [4.69, 9.17) is 4.74 Å². The van der Waals surface area contributed by atoms with Crippen LogP contribution in [0.4, 0.5) is 0 Å². The highest BCUT2D eigenvalue weighted by Gasteiger charge is 2.16. The van der Waals surface area contributed by atoms with Crippen molar-refractivity contribution in [3.63, 3.8) is 0 Å². The molecular formula is C14H14O2S. The van der Waals surface area contributed by atoms with Crippen molar-refractivity contribution in [2.75, 3.05) is 7.11 Å². The first-order valence-corrected chi connectivity index (χ1v) is 6.25. The number of thiophene rings is 1. The van der Waals surface area contributed by atoms with Gasteiger partial charge in [-0.2, -0.15) is 0 Å². The Balaban J connectivity index is 2.50. The molecule has 0 unspecified atom stereocenters. The van der Waals surface area contributed by atoms with Crippen molar-refractivity contribution in [2.24, 2.45) is 0 Å². The molecule has 0 amide bonds. The van der Waals surface area contributed by atoms with Crippen LogP contribution in [0.2, 0.25) is 0 Å². The van der Waals surface area contributed by atoms with Gasteiger partial charge in [-0.25, -0.2) is 0 Å². The Morgan fingerprint density at radius 1 is 1.18 bits per heavy atom. The van der Waals surface area contributed by atoms with Crippen LogP contribution in [-0.2, 0) is 0 Å². The van der Waals surface area contributed by atoms with Gasteiger partial charge in [0.25, 0.3) is 0 Å². The Labute approximate surface area is 105 Å². The van der Waals surface area contributed by atoms with E-state index in [1.54, 1.807) is 18.4 Å². The lowest BCUT2D eigenvalue weighted by Gasteiger charge is -2.08. The molecule has 88 valence electrons. The largest absolute Gasteiger partial charge is 0.496 e. The fourth-order valence-corrected chi connectivity index (χ4v) is 2.46. The zero-order valence-electron chi connectivity index (χ0n) is 10.1. The number of hydrogen-bond acceptors (Lipinski definition) is 3. The number of benzene rings is 1. The zero-order valence-corrected chi connectivity index (χ0v) is 10.9. The Morgan fingerprint density at radius 2 is 1.94 bits per heavy atom. The SMILES string of the molecule is COc1ccc(C)cc1C(=O)c1ccsc1C. The maximum Gasteiger partial charge on any atom is 0.197 e. The van der Waals surface area contributed by atoms with Gasteiger partial charge in [-0.3, -0.25) is 4.79 Å². The second kappa shape index (κ2) is 4.72. The molecular weight excluding hydrogens is 232 g/mol. The van der Waals surface area contributed by atoms with E-state index < -0.39 is 0 Å². The Bertz CT molecular complexity index is 555. The van der Waals surface area contributed by atoms with E-state index >= 15 is 0 Å². The highest BCUT2D eigenvalue weighted by Crippen LogP contribution is 2.25. The van der Waals surface area contributed by atoms with Gasteiger partial charge in [0.2, 0.25) is 0 Å². The molecule has 0 radical (unpaired) electrons. The fraction of sp³-hybridized carbons (Fsp3) is 0.214. The summed E-state index contributed by atoms with van der Waals surface area (Å²) in [6.07, 6.45) is 0. The number of ketones is 1. The third-order valence-corrected chi connectivity index (χ3v) is 3.55. The summed E-state index contributed by atoms with van der Waals surface area (Å²) in [5.74, 6) is 0.663. The standard InChI is InChI=1S/C14H14O2S/c1-9-4-5-13(16-3)12(8-9)14(15)11-6-7-17-10(11)2/h4-8H,1-3H3. The number of rotatable bonds is 3. The summed E-state index contributed by atoms with van der Waals surface area (Å²) < 4.78 is 5.24. The third kappa shape index (κ3) is 2.24. The lowest BCUT2D eigenvalue weighted by Crippen LogP contribution is -2.04. The molecule has 2 rings (SSSR count). The second-order valence-corrected chi connectivity index (χ2v) is 5.04. The minimum Gasteiger partial charge on any atom is -0.496 e. The van der Waals surface area contributed by atoms with Gasteiger partial charge in [-0.1, -0.05) is 11.6 Å². The highest BCUT2D eigenvalue weighted by atomic mass is 32.1. The molecule has 0 aliphatic carbocycles. The van der Waals surface area contributed by atoms with E-state index in [1.807, 2.05) is 43.5 Å². The smallest absolute Gasteiger partial charge is 0.197 e. The van der Waals surface area contributed by atoms with Crippen molar-refractivity contribution >= 4 is 17.1 Å². The summed E-state index contributed by atoms with van der Waals surface area (Å²) in [6, 6.07) is 7.52. The Kier molecular flexibility index (Phi) is 3.29. The Hall–Kier alpha value is -1.61. The number of aryl methyl sites for hydroxylation is 2. The molecule has 1 aromatic heterocycles. The average molecular weight is 246 g/mol. The fourth-order valence-electron chi connectivity index (χ4n) is 1.76. The number of methoxy groups -OCH3 is 1. The molecule has 17 heavy (non-hydrogen) atoms.